The van der Waals surface area contributed by atoms with Crippen LogP contribution >= 0.6 is 0 Å². The molecule has 0 aromatic heterocycles. The molecule has 1 aliphatic rings. The summed E-state index contributed by atoms with van der Waals surface area (Å²) in [6.07, 6.45) is -8.80. The van der Waals surface area contributed by atoms with E-state index in [2.05, 4.69) is 0 Å². The van der Waals surface area contributed by atoms with Crippen LogP contribution in [0.2, 0.25) is 0 Å². The average Bonchev–Trinajstić information content (AvgIpc) is 2.93. The summed E-state index contributed by atoms with van der Waals surface area (Å²) in [6, 6.07) is 1.40. The summed E-state index contributed by atoms with van der Waals surface area (Å²) >= 11 is 0. The highest BCUT2D eigenvalue weighted by Gasteiger charge is 2.37. The van der Waals surface area contributed by atoms with E-state index in [0.29, 0.717) is 30.5 Å². The molecule has 0 aliphatic heterocycles. The number of allylic oxidation sites excluding steroid dienone is 1. The molecule has 1 aromatic rings. The minimum absolute atomic E-state index is 0.0829. The van der Waals surface area contributed by atoms with E-state index in [0.717, 1.165) is 0 Å². The number of rotatable bonds is 4. The first-order valence-electron chi connectivity index (χ1n) is 7.54. The first-order valence-corrected chi connectivity index (χ1v) is 7.54. The molecule has 0 N–H and O–H groups in total. The van der Waals surface area contributed by atoms with E-state index < -0.39 is 35.7 Å². The maximum Gasteiger partial charge on any atom is 0.416 e. The van der Waals surface area contributed by atoms with Gasteiger partial charge in [0, 0.05) is 0 Å². The summed E-state index contributed by atoms with van der Waals surface area (Å²) in [5.41, 5.74) is -2.41. The van der Waals surface area contributed by atoms with E-state index in [1.165, 1.54) is 13.8 Å². The minimum Gasteiger partial charge on any atom is -0.366 e. The molecular formula is C17H16F6O2. The Morgan fingerprint density at radius 3 is 2.00 bits per heavy atom. The molecule has 0 saturated heterocycles. The molecule has 0 amide bonds. The van der Waals surface area contributed by atoms with Crippen LogP contribution in [0.4, 0.5) is 26.3 Å². The van der Waals surface area contributed by atoms with Crippen molar-refractivity contribution in [1.82, 2.24) is 0 Å². The zero-order chi connectivity index (χ0) is 19.0. The third kappa shape index (κ3) is 4.84. The number of hydrogen-bond donors (Lipinski definition) is 0. The van der Waals surface area contributed by atoms with Crippen LogP contribution in [0.1, 0.15) is 49.5 Å². The Hall–Kier alpha value is -1.83. The number of benzene rings is 1. The summed E-state index contributed by atoms with van der Waals surface area (Å²) in [7, 11) is 0. The van der Waals surface area contributed by atoms with Gasteiger partial charge in [0.05, 0.1) is 23.3 Å². The van der Waals surface area contributed by atoms with Gasteiger partial charge in [-0.15, -0.1) is 0 Å². The van der Waals surface area contributed by atoms with Crippen molar-refractivity contribution >= 4 is 5.78 Å². The largest absolute Gasteiger partial charge is 0.416 e. The van der Waals surface area contributed by atoms with Crippen LogP contribution in [0.25, 0.3) is 0 Å². The van der Waals surface area contributed by atoms with Gasteiger partial charge in [-0.3, -0.25) is 4.79 Å². The van der Waals surface area contributed by atoms with Gasteiger partial charge in [-0.05, 0) is 62.1 Å². The van der Waals surface area contributed by atoms with E-state index in [1.54, 1.807) is 6.08 Å². The number of carbonyl (C=O) groups excluding carboxylic acids is 1. The zero-order valence-corrected chi connectivity index (χ0v) is 13.5. The van der Waals surface area contributed by atoms with Gasteiger partial charge in [-0.1, -0.05) is 0 Å². The Labute approximate surface area is 140 Å². The van der Waals surface area contributed by atoms with Gasteiger partial charge in [-0.2, -0.15) is 26.3 Å². The quantitative estimate of drug-likeness (QED) is 0.660. The van der Waals surface area contributed by atoms with Gasteiger partial charge < -0.3 is 4.74 Å². The van der Waals surface area contributed by atoms with Gasteiger partial charge >= 0.3 is 12.4 Å². The molecule has 0 bridgehead atoms. The molecule has 0 saturated carbocycles. The number of carbonyl (C=O) groups is 1. The molecule has 0 radical (unpaired) electrons. The third-order valence-electron chi connectivity index (χ3n) is 4.00. The minimum atomic E-state index is -4.90. The lowest BCUT2D eigenvalue weighted by molar-refractivity contribution is -0.143. The van der Waals surface area contributed by atoms with Gasteiger partial charge in [0.25, 0.3) is 0 Å². The van der Waals surface area contributed by atoms with Crippen molar-refractivity contribution < 1.29 is 35.9 Å². The molecule has 138 valence electrons. The molecule has 0 fully saturated rings. The Bertz CT molecular complexity index is 655. The van der Waals surface area contributed by atoms with Crippen molar-refractivity contribution in [2.45, 2.75) is 51.2 Å². The Balaban J connectivity index is 2.30. The molecule has 2 rings (SSSR count). The molecule has 1 aliphatic carbocycles. The summed E-state index contributed by atoms with van der Waals surface area (Å²) in [6.45, 7) is 2.77. The van der Waals surface area contributed by atoms with Gasteiger partial charge in [0.1, 0.15) is 0 Å². The van der Waals surface area contributed by atoms with Crippen molar-refractivity contribution in [1.29, 1.82) is 0 Å². The molecular weight excluding hydrogens is 350 g/mol. The van der Waals surface area contributed by atoms with Crippen molar-refractivity contribution in [2.24, 2.45) is 0 Å². The summed E-state index contributed by atoms with van der Waals surface area (Å²) < 4.78 is 82.9. The number of hydrogen-bond acceptors (Lipinski definition) is 2. The fourth-order valence-corrected chi connectivity index (χ4v) is 2.64. The van der Waals surface area contributed by atoms with Crippen molar-refractivity contribution in [3.8, 4) is 0 Å². The van der Waals surface area contributed by atoms with E-state index >= 15 is 0 Å². The number of alkyl halides is 6. The van der Waals surface area contributed by atoms with Gasteiger partial charge in [-0.25, -0.2) is 0 Å². The number of ether oxygens (including phenoxy) is 1. The van der Waals surface area contributed by atoms with Crippen LogP contribution in [0.3, 0.4) is 0 Å². The standard InChI is InChI=1S/C17H16F6O2/c1-9(24)11-3-4-15(7-11)25-10(2)12-5-13(16(18,19)20)8-14(6-12)17(21,22)23/h5-8,10,15H,3-4H2,1-2H3/t10?,15-/m0/s1. The maximum absolute atomic E-state index is 12.9. The van der Waals surface area contributed by atoms with E-state index in [-0.39, 0.29) is 17.4 Å². The zero-order valence-electron chi connectivity index (χ0n) is 13.5. The molecule has 2 nitrogen and oxygen atoms in total. The van der Waals surface area contributed by atoms with Crippen LogP contribution in [-0.2, 0) is 21.9 Å². The first-order chi connectivity index (χ1) is 11.4. The van der Waals surface area contributed by atoms with Gasteiger partial charge in [0.15, 0.2) is 5.78 Å². The molecule has 0 spiro atoms. The number of Topliss-reactive ketones (excluding diaryl/α,β-unsaturated/α-hetero) is 1. The fraction of sp³-hybridized carbons (Fsp3) is 0.471. The van der Waals surface area contributed by atoms with E-state index in [1.807, 2.05) is 0 Å². The van der Waals surface area contributed by atoms with Crippen molar-refractivity contribution in [2.75, 3.05) is 0 Å². The Morgan fingerprint density at radius 2 is 1.60 bits per heavy atom. The number of ketones is 1. The molecule has 25 heavy (non-hydrogen) atoms. The van der Waals surface area contributed by atoms with Crippen LogP contribution < -0.4 is 0 Å². The molecule has 1 unspecified atom stereocenters. The van der Waals surface area contributed by atoms with Crippen LogP contribution in [-0.4, -0.2) is 11.9 Å². The SMILES string of the molecule is CC(=O)C1=C[C@@H](OC(C)c2cc(C(F)(F)F)cc(C(F)(F)F)c2)CC1. The van der Waals surface area contributed by atoms with Crippen LogP contribution in [0.5, 0.6) is 0 Å². The van der Waals surface area contributed by atoms with E-state index in [4.69, 9.17) is 4.74 Å². The van der Waals surface area contributed by atoms with Crippen molar-refractivity contribution in [3.05, 3.63) is 46.5 Å². The van der Waals surface area contributed by atoms with E-state index in [9.17, 15) is 31.1 Å². The van der Waals surface area contributed by atoms with Gasteiger partial charge in [0.2, 0.25) is 0 Å². The monoisotopic (exact) mass is 366 g/mol. The molecule has 8 heteroatoms. The Morgan fingerprint density at radius 1 is 1.08 bits per heavy atom. The second-order valence-electron chi connectivity index (χ2n) is 5.94. The predicted octanol–water partition coefficient (Wildman–Crippen LogP) is 5.48. The predicted molar refractivity (Wildman–Crippen MR) is 77.7 cm³/mol. The highest BCUT2D eigenvalue weighted by Crippen LogP contribution is 2.38. The Kier molecular flexibility index (Phi) is 5.32. The molecule has 2 atom stereocenters. The molecule has 0 heterocycles. The van der Waals surface area contributed by atoms with Crippen LogP contribution in [0, 0.1) is 0 Å². The summed E-state index contributed by atoms with van der Waals surface area (Å²) in [5.74, 6) is -0.128. The lowest BCUT2D eigenvalue weighted by Crippen LogP contribution is -2.15. The fourth-order valence-electron chi connectivity index (χ4n) is 2.64. The first kappa shape index (κ1) is 19.5. The number of halogens is 6. The molecule has 1 aromatic carbocycles. The smallest absolute Gasteiger partial charge is 0.366 e. The highest BCUT2D eigenvalue weighted by atomic mass is 19.4. The highest BCUT2D eigenvalue weighted by molar-refractivity contribution is 5.93. The lowest BCUT2D eigenvalue weighted by atomic mass is 10.0. The maximum atomic E-state index is 12.9. The third-order valence-corrected chi connectivity index (χ3v) is 4.00. The topological polar surface area (TPSA) is 26.3 Å². The normalized spacial score (nSPS) is 19.7. The second-order valence-corrected chi connectivity index (χ2v) is 5.94. The average molecular weight is 366 g/mol. The van der Waals surface area contributed by atoms with Crippen LogP contribution in [0.15, 0.2) is 29.8 Å². The second kappa shape index (κ2) is 6.82. The summed E-state index contributed by atoms with van der Waals surface area (Å²) in [4.78, 5) is 11.3. The lowest BCUT2D eigenvalue weighted by Gasteiger charge is -2.20. The van der Waals surface area contributed by atoms with Crippen molar-refractivity contribution in [3.63, 3.8) is 0 Å². The summed E-state index contributed by atoms with van der Waals surface area (Å²) in [5, 5.41) is 0.